The fraction of sp³-hybridized carbons (Fsp3) is 0.222. The maximum absolute atomic E-state index is 11.2. The molecule has 3 heteroatoms. The molecular weight excluding hydrogens is 172 g/mol. The number of aryl methyl sites for hydroxylation is 1. The second kappa shape index (κ2) is 3.63. The van der Waals surface area contributed by atoms with E-state index < -0.39 is 0 Å². The third-order valence-corrected chi connectivity index (χ3v) is 2.15. The van der Waals surface area contributed by atoms with Gasteiger partial charge in [-0.1, -0.05) is 23.4 Å². The maximum Gasteiger partial charge on any atom is 0.222 e. The summed E-state index contributed by atoms with van der Waals surface area (Å²) in [6, 6.07) is 5.00. The summed E-state index contributed by atoms with van der Waals surface area (Å²) in [5.41, 5.74) is 1.37. The molecule has 12 heavy (non-hydrogen) atoms. The number of aromatic hydroxyl groups is 1. The van der Waals surface area contributed by atoms with Gasteiger partial charge in [-0.25, -0.2) is 0 Å². The highest BCUT2D eigenvalue weighted by atomic mass is 32.2. The average Bonchev–Trinajstić information content (AvgIpc) is 2.08. The van der Waals surface area contributed by atoms with E-state index in [0.717, 1.165) is 17.3 Å². The van der Waals surface area contributed by atoms with E-state index in [2.05, 4.69) is 0 Å². The molecule has 0 heterocycles. The molecule has 0 atom stereocenters. The Hall–Kier alpha value is -0.960. The molecule has 0 aliphatic rings. The first kappa shape index (κ1) is 9.13. The molecule has 1 aromatic carbocycles. The lowest BCUT2D eigenvalue weighted by Crippen LogP contribution is -1.93. The van der Waals surface area contributed by atoms with Crippen LogP contribution in [0.2, 0.25) is 0 Å². The zero-order chi connectivity index (χ0) is 9.14. The van der Waals surface area contributed by atoms with E-state index in [0.29, 0.717) is 5.56 Å². The van der Waals surface area contributed by atoms with Crippen molar-refractivity contribution in [2.24, 2.45) is 0 Å². The molecule has 0 aliphatic heterocycles. The highest BCUT2D eigenvalue weighted by Gasteiger charge is 2.08. The number of benzene rings is 1. The van der Waals surface area contributed by atoms with Crippen molar-refractivity contribution in [1.82, 2.24) is 0 Å². The smallest absolute Gasteiger partial charge is 0.222 e. The van der Waals surface area contributed by atoms with Crippen LogP contribution in [0.5, 0.6) is 5.75 Å². The Morgan fingerprint density at radius 2 is 2.17 bits per heavy atom. The Kier molecular flexibility index (Phi) is 2.76. The number of phenolic OH excluding ortho intramolecular Hbond substituents is 1. The lowest BCUT2D eigenvalue weighted by atomic mass is 10.1. The number of hydrogen-bond acceptors (Lipinski definition) is 3. The maximum atomic E-state index is 11.2. The molecule has 2 nitrogen and oxygen atoms in total. The highest BCUT2D eigenvalue weighted by Crippen LogP contribution is 2.21. The second-order valence-corrected chi connectivity index (χ2v) is 3.29. The highest BCUT2D eigenvalue weighted by molar-refractivity contribution is 8.13. The molecular formula is C9H10O2S. The zero-order valence-corrected chi connectivity index (χ0v) is 7.81. The van der Waals surface area contributed by atoms with E-state index in [4.69, 9.17) is 0 Å². The van der Waals surface area contributed by atoms with Crippen LogP contribution in [0.1, 0.15) is 15.9 Å². The molecule has 1 N–H and O–H groups in total. The number of rotatable bonds is 1. The van der Waals surface area contributed by atoms with Gasteiger partial charge in [-0.3, -0.25) is 4.79 Å². The van der Waals surface area contributed by atoms with Crippen LogP contribution in [-0.4, -0.2) is 16.5 Å². The van der Waals surface area contributed by atoms with Gasteiger partial charge in [0.1, 0.15) is 5.75 Å². The number of thioether (sulfide) groups is 1. The molecule has 0 spiro atoms. The first-order valence-electron chi connectivity index (χ1n) is 3.53. The molecule has 0 saturated heterocycles. The molecule has 0 fully saturated rings. The molecule has 0 aromatic heterocycles. The van der Waals surface area contributed by atoms with E-state index in [1.807, 2.05) is 6.92 Å². The normalized spacial score (nSPS) is 9.83. The predicted molar refractivity (Wildman–Crippen MR) is 50.7 cm³/mol. The molecule has 0 unspecified atom stereocenters. The summed E-state index contributed by atoms with van der Waals surface area (Å²) in [5, 5.41) is 9.20. The SMILES string of the molecule is CSC(=O)c1cc(C)ccc1O. The minimum atomic E-state index is -0.101. The largest absolute Gasteiger partial charge is 0.507 e. The Morgan fingerprint density at radius 1 is 1.50 bits per heavy atom. The van der Waals surface area contributed by atoms with Crippen molar-refractivity contribution < 1.29 is 9.90 Å². The van der Waals surface area contributed by atoms with Gasteiger partial charge in [0.25, 0.3) is 0 Å². The molecule has 1 rings (SSSR count). The van der Waals surface area contributed by atoms with Crippen molar-refractivity contribution in [3.8, 4) is 5.75 Å². The van der Waals surface area contributed by atoms with E-state index in [1.165, 1.54) is 0 Å². The molecule has 0 amide bonds. The zero-order valence-electron chi connectivity index (χ0n) is 7.00. The van der Waals surface area contributed by atoms with Crippen LogP contribution in [0, 0.1) is 6.92 Å². The Balaban J connectivity index is 3.13. The minimum absolute atomic E-state index is 0.0555. The third-order valence-electron chi connectivity index (χ3n) is 1.56. The summed E-state index contributed by atoms with van der Waals surface area (Å²) in [6.45, 7) is 1.89. The summed E-state index contributed by atoms with van der Waals surface area (Å²) >= 11 is 1.10. The van der Waals surface area contributed by atoms with Crippen LogP contribution in [0.25, 0.3) is 0 Å². The van der Waals surface area contributed by atoms with Gasteiger partial charge in [0.15, 0.2) is 0 Å². The third kappa shape index (κ3) is 1.80. The first-order valence-corrected chi connectivity index (χ1v) is 4.75. The van der Waals surface area contributed by atoms with E-state index in [-0.39, 0.29) is 10.9 Å². The van der Waals surface area contributed by atoms with E-state index in [9.17, 15) is 9.90 Å². The van der Waals surface area contributed by atoms with Crippen molar-refractivity contribution in [2.75, 3.05) is 6.26 Å². The van der Waals surface area contributed by atoms with Gasteiger partial charge in [0.05, 0.1) is 5.56 Å². The topological polar surface area (TPSA) is 37.3 Å². The summed E-state index contributed by atoms with van der Waals surface area (Å²) < 4.78 is 0. The quantitative estimate of drug-likeness (QED) is 0.723. The number of carbonyl (C=O) groups is 1. The summed E-state index contributed by atoms with van der Waals surface area (Å²) in [6.07, 6.45) is 1.70. The molecule has 0 radical (unpaired) electrons. The summed E-state index contributed by atoms with van der Waals surface area (Å²) in [5.74, 6) is 0.0555. The predicted octanol–water partition coefficient (Wildman–Crippen LogP) is 2.20. The van der Waals surface area contributed by atoms with Crippen molar-refractivity contribution in [3.05, 3.63) is 29.3 Å². The lowest BCUT2D eigenvalue weighted by molar-refractivity contribution is 0.108. The lowest BCUT2D eigenvalue weighted by Gasteiger charge is -2.01. The number of phenols is 1. The molecule has 1 aromatic rings. The van der Waals surface area contributed by atoms with Crippen molar-refractivity contribution in [1.29, 1.82) is 0 Å². The van der Waals surface area contributed by atoms with Crippen LogP contribution in [0.4, 0.5) is 0 Å². The Bertz CT molecular complexity index is 307. The van der Waals surface area contributed by atoms with Crippen LogP contribution in [0.3, 0.4) is 0 Å². The van der Waals surface area contributed by atoms with Crippen LogP contribution in [-0.2, 0) is 0 Å². The van der Waals surface area contributed by atoms with E-state index >= 15 is 0 Å². The number of hydrogen-bond donors (Lipinski definition) is 1. The monoisotopic (exact) mass is 182 g/mol. The Labute approximate surface area is 75.6 Å². The van der Waals surface area contributed by atoms with Crippen molar-refractivity contribution >= 4 is 16.9 Å². The fourth-order valence-corrected chi connectivity index (χ4v) is 1.31. The van der Waals surface area contributed by atoms with Crippen molar-refractivity contribution in [2.45, 2.75) is 6.92 Å². The fourth-order valence-electron chi connectivity index (χ4n) is 0.923. The van der Waals surface area contributed by atoms with Gasteiger partial charge in [0, 0.05) is 0 Å². The standard InChI is InChI=1S/C9H10O2S/c1-6-3-4-8(10)7(5-6)9(11)12-2/h3-5,10H,1-2H3. The molecule has 0 bridgehead atoms. The first-order chi connectivity index (χ1) is 5.65. The van der Waals surface area contributed by atoms with E-state index in [1.54, 1.807) is 24.5 Å². The molecule has 0 saturated carbocycles. The van der Waals surface area contributed by atoms with Crippen LogP contribution < -0.4 is 0 Å². The summed E-state index contributed by atoms with van der Waals surface area (Å²) in [4.78, 5) is 11.2. The Morgan fingerprint density at radius 3 is 2.75 bits per heavy atom. The van der Waals surface area contributed by atoms with Crippen molar-refractivity contribution in [3.63, 3.8) is 0 Å². The van der Waals surface area contributed by atoms with Crippen LogP contribution in [0.15, 0.2) is 18.2 Å². The van der Waals surface area contributed by atoms with Gasteiger partial charge >= 0.3 is 0 Å². The average molecular weight is 182 g/mol. The van der Waals surface area contributed by atoms with Gasteiger partial charge in [-0.2, -0.15) is 0 Å². The molecule has 0 aliphatic carbocycles. The van der Waals surface area contributed by atoms with Crippen LogP contribution >= 0.6 is 11.8 Å². The van der Waals surface area contributed by atoms with Gasteiger partial charge in [-0.15, -0.1) is 0 Å². The van der Waals surface area contributed by atoms with Gasteiger partial charge in [0.2, 0.25) is 5.12 Å². The minimum Gasteiger partial charge on any atom is -0.507 e. The van der Waals surface area contributed by atoms with Gasteiger partial charge in [-0.05, 0) is 25.3 Å². The second-order valence-electron chi connectivity index (χ2n) is 2.51. The van der Waals surface area contributed by atoms with Gasteiger partial charge < -0.3 is 5.11 Å². The number of carbonyl (C=O) groups excluding carboxylic acids is 1. The molecule has 64 valence electrons. The summed E-state index contributed by atoms with van der Waals surface area (Å²) in [7, 11) is 0.